The van der Waals surface area contributed by atoms with Gasteiger partial charge in [-0.1, -0.05) is 36.4 Å². The van der Waals surface area contributed by atoms with Crippen molar-refractivity contribution in [2.75, 3.05) is 20.6 Å². The maximum atomic E-state index is 12.9. The van der Waals surface area contributed by atoms with Gasteiger partial charge < -0.3 is 15.5 Å². The molecule has 28 heavy (non-hydrogen) atoms. The van der Waals surface area contributed by atoms with E-state index >= 15 is 0 Å². The first-order valence-electron chi connectivity index (χ1n) is 9.19. The molecule has 0 aromatic heterocycles. The average Bonchev–Trinajstić information content (AvgIpc) is 2.64. The van der Waals surface area contributed by atoms with E-state index in [-0.39, 0.29) is 6.54 Å². The van der Waals surface area contributed by atoms with Crippen molar-refractivity contribution in [2.45, 2.75) is 32.7 Å². The summed E-state index contributed by atoms with van der Waals surface area (Å²) in [5.41, 5.74) is 2.23. The lowest BCUT2D eigenvalue weighted by molar-refractivity contribution is -0.137. The summed E-state index contributed by atoms with van der Waals surface area (Å²) >= 11 is 0. The highest BCUT2D eigenvalue weighted by atomic mass is 19.4. The van der Waals surface area contributed by atoms with E-state index in [4.69, 9.17) is 0 Å². The minimum absolute atomic E-state index is 0.165. The van der Waals surface area contributed by atoms with Crippen LogP contribution in [0, 0.1) is 0 Å². The third kappa shape index (κ3) is 6.88. The van der Waals surface area contributed by atoms with Gasteiger partial charge in [-0.05, 0) is 49.8 Å². The van der Waals surface area contributed by atoms with E-state index in [1.807, 2.05) is 33.2 Å². The molecule has 0 saturated heterocycles. The molecular weight excluding hydrogens is 365 g/mol. The van der Waals surface area contributed by atoms with Crippen LogP contribution in [0.2, 0.25) is 0 Å². The van der Waals surface area contributed by atoms with Crippen LogP contribution in [0.5, 0.6) is 0 Å². The van der Waals surface area contributed by atoms with E-state index in [9.17, 15) is 13.2 Å². The highest BCUT2D eigenvalue weighted by molar-refractivity contribution is 5.79. The molecule has 2 aromatic rings. The second-order valence-electron chi connectivity index (χ2n) is 6.75. The first-order valence-corrected chi connectivity index (χ1v) is 9.19. The molecule has 0 saturated carbocycles. The summed E-state index contributed by atoms with van der Waals surface area (Å²) in [6.45, 7) is 4.18. The topological polar surface area (TPSA) is 39.7 Å². The maximum Gasteiger partial charge on any atom is 0.416 e. The Morgan fingerprint density at radius 3 is 2.36 bits per heavy atom. The molecule has 0 aliphatic heterocycles. The van der Waals surface area contributed by atoms with Gasteiger partial charge in [0.2, 0.25) is 0 Å². The molecule has 0 aliphatic rings. The molecule has 0 bridgehead atoms. The van der Waals surface area contributed by atoms with Gasteiger partial charge in [0, 0.05) is 19.6 Å². The molecule has 0 spiro atoms. The zero-order chi connectivity index (χ0) is 20.6. The van der Waals surface area contributed by atoms with Gasteiger partial charge in [-0.3, -0.25) is 0 Å². The van der Waals surface area contributed by atoms with Gasteiger partial charge in [0.05, 0.1) is 12.1 Å². The Kier molecular flexibility index (Phi) is 7.87. The Morgan fingerprint density at radius 2 is 1.71 bits per heavy atom. The fourth-order valence-corrected chi connectivity index (χ4v) is 2.76. The van der Waals surface area contributed by atoms with Crippen molar-refractivity contribution in [3.63, 3.8) is 0 Å². The number of nitrogens with zero attached hydrogens (tertiary/aromatic N) is 2. The highest BCUT2D eigenvalue weighted by Crippen LogP contribution is 2.29. The summed E-state index contributed by atoms with van der Waals surface area (Å²) in [5.74, 6) is 0.569. The van der Waals surface area contributed by atoms with E-state index < -0.39 is 11.7 Å². The Balaban J connectivity index is 2.08. The zero-order valence-corrected chi connectivity index (χ0v) is 16.5. The highest BCUT2D eigenvalue weighted by Gasteiger charge is 2.30. The molecule has 0 amide bonds. The second-order valence-corrected chi connectivity index (χ2v) is 6.75. The van der Waals surface area contributed by atoms with Crippen LogP contribution in [0.1, 0.15) is 29.2 Å². The van der Waals surface area contributed by atoms with Crippen LogP contribution in [-0.4, -0.2) is 31.5 Å². The molecule has 152 valence electrons. The molecule has 0 fully saturated rings. The van der Waals surface area contributed by atoms with Crippen molar-refractivity contribution >= 4 is 5.96 Å². The normalized spacial score (nSPS) is 12.3. The SMILES string of the molecule is CCNC(=NCc1cccc(C(F)(F)F)c1)NCc1ccccc1CN(C)C. The molecule has 4 nitrogen and oxygen atoms in total. The Hall–Kier alpha value is -2.54. The summed E-state index contributed by atoms with van der Waals surface area (Å²) in [4.78, 5) is 6.53. The fraction of sp³-hybridized carbons (Fsp3) is 0.381. The number of hydrogen-bond donors (Lipinski definition) is 2. The number of halogens is 3. The number of nitrogens with one attached hydrogen (secondary N) is 2. The van der Waals surface area contributed by atoms with Crippen molar-refractivity contribution in [1.82, 2.24) is 15.5 Å². The number of guanidine groups is 1. The summed E-state index contributed by atoms with van der Waals surface area (Å²) in [5, 5.41) is 6.40. The van der Waals surface area contributed by atoms with Gasteiger partial charge >= 0.3 is 6.18 Å². The van der Waals surface area contributed by atoms with E-state index in [0.29, 0.717) is 24.6 Å². The summed E-state index contributed by atoms with van der Waals surface area (Å²) < 4.78 is 38.6. The molecule has 7 heteroatoms. The molecule has 0 unspecified atom stereocenters. The molecule has 0 radical (unpaired) electrons. The molecule has 2 N–H and O–H groups in total. The van der Waals surface area contributed by atoms with Gasteiger partial charge in [-0.25, -0.2) is 4.99 Å². The van der Waals surface area contributed by atoms with Gasteiger partial charge in [-0.15, -0.1) is 0 Å². The van der Waals surface area contributed by atoms with Gasteiger partial charge in [-0.2, -0.15) is 13.2 Å². The van der Waals surface area contributed by atoms with Crippen molar-refractivity contribution < 1.29 is 13.2 Å². The monoisotopic (exact) mass is 392 g/mol. The summed E-state index contributed by atoms with van der Waals surface area (Å²) in [6.07, 6.45) is -4.35. The lowest BCUT2D eigenvalue weighted by Crippen LogP contribution is -2.37. The number of benzene rings is 2. The minimum Gasteiger partial charge on any atom is -0.357 e. The van der Waals surface area contributed by atoms with Crippen LogP contribution < -0.4 is 10.6 Å². The van der Waals surface area contributed by atoms with Gasteiger partial charge in [0.1, 0.15) is 0 Å². The molecule has 0 atom stereocenters. The predicted molar refractivity (Wildman–Crippen MR) is 107 cm³/mol. The van der Waals surface area contributed by atoms with Crippen molar-refractivity contribution in [1.29, 1.82) is 0 Å². The van der Waals surface area contributed by atoms with Gasteiger partial charge in [0.15, 0.2) is 5.96 Å². The molecule has 0 aliphatic carbocycles. The maximum absolute atomic E-state index is 12.9. The van der Waals surface area contributed by atoms with Crippen LogP contribution >= 0.6 is 0 Å². The molecule has 2 rings (SSSR count). The smallest absolute Gasteiger partial charge is 0.357 e. The average molecular weight is 392 g/mol. The van der Waals surface area contributed by atoms with Crippen LogP contribution in [0.15, 0.2) is 53.5 Å². The predicted octanol–water partition coefficient (Wildman–Crippen LogP) is 4.02. The van der Waals surface area contributed by atoms with E-state index in [1.165, 1.54) is 11.6 Å². The zero-order valence-electron chi connectivity index (χ0n) is 16.5. The largest absolute Gasteiger partial charge is 0.416 e. The first-order chi connectivity index (χ1) is 13.3. The summed E-state index contributed by atoms with van der Waals surface area (Å²) in [6, 6.07) is 13.4. The molecular formula is C21H27F3N4. The first kappa shape index (κ1) is 21.8. The standard InChI is InChI=1S/C21H27F3N4/c1-4-25-20(26-13-16-8-7-11-19(12-16)21(22,23)24)27-14-17-9-5-6-10-18(17)15-28(2)3/h5-12H,4,13-15H2,1-3H3,(H2,25,26,27). The van der Waals surface area contributed by atoms with Crippen LogP contribution in [0.25, 0.3) is 0 Å². The van der Waals surface area contributed by atoms with E-state index in [0.717, 1.165) is 24.2 Å². The van der Waals surface area contributed by atoms with E-state index in [1.54, 1.807) is 6.07 Å². The quantitative estimate of drug-likeness (QED) is 0.552. The van der Waals surface area contributed by atoms with Crippen molar-refractivity contribution in [3.8, 4) is 0 Å². The Morgan fingerprint density at radius 1 is 1.00 bits per heavy atom. The van der Waals surface area contributed by atoms with E-state index in [2.05, 4.69) is 32.7 Å². The van der Waals surface area contributed by atoms with Gasteiger partial charge in [0.25, 0.3) is 0 Å². The third-order valence-electron chi connectivity index (χ3n) is 4.07. The second kappa shape index (κ2) is 10.1. The number of hydrogen-bond acceptors (Lipinski definition) is 2. The lowest BCUT2D eigenvalue weighted by atomic mass is 10.1. The molecule has 0 heterocycles. The molecule has 2 aromatic carbocycles. The fourth-order valence-electron chi connectivity index (χ4n) is 2.76. The van der Waals surface area contributed by atoms with Crippen LogP contribution in [0.4, 0.5) is 13.2 Å². The Labute approximate surface area is 164 Å². The summed E-state index contributed by atoms with van der Waals surface area (Å²) in [7, 11) is 4.04. The number of aliphatic imine (C=N–C) groups is 1. The van der Waals surface area contributed by atoms with Crippen molar-refractivity contribution in [3.05, 3.63) is 70.8 Å². The number of alkyl halides is 3. The third-order valence-corrected chi connectivity index (χ3v) is 4.07. The van der Waals surface area contributed by atoms with Crippen LogP contribution in [0.3, 0.4) is 0 Å². The Bertz CT molecular complexity index is 785. The minimum atomic E-state index is -4.35. The van der Waals surface area contributed by atoms with Crippen LogP contribution in [-0.2, 0) is 25.8 Å². The lowest BCUT2D eigenvalue weighted by Gasteiger charge is -2.16. The number of rotatable bonds is 7. The van der Waals surface area contributed by atoms with Crippen molar-refractivity contribution in [2.24, 2.45) is 4.99 Å².